The molecule has 0 aliphatic carbocycles. The number of nitrogens with one attached hydrogen (secondary N) is 1. The van der Waals surface area contributed by atoms with Gasteiger partial charge in [0.15, 0.2) is 0 Å². The second-order valence-corrected chi connectivity index (χ2v) is 5.19. The highest BCUT2D eigenvalue weighted by Gasteiger charge is 2.17. The molecule has 0 amide bonds. The van der Waals surface area contributed by atoms with Gasteiger partial charge in [-0.15, -0.1) is 6.58 Å². The fourth-order valence-electron chi connectivity index (χ4n) is 1.62. The molecular weight excluding hydrogens is 158 g/mol. The van der Waals surface area contributed by atoms with E-state index in [2.05, 4.69) is 45.7 Å². The standard InChI is InChI=1S/C12H25N/c1-7-11(8-10(2)13-6)9-12(3,4)5/h7,10-11,13H,1,8-9H2,2-6H3. The Morgan fingerprint density at radius 1 is 1.38 bits per heavy atom. The third-order valence-corrected chi connectivity index (χ3v) is 2.36. The Kier molecular flexibility index (Phi) is 5.31. The zero-order valence-electron chi connectivity index (χ0n) is 9.85. The van der Waals surface area contributed by atoms with Crippen molar-refractivity contribution in [2.45, 2.75) is 46.6 Å². The normalized spacial score (nSPS) is 16.7. The summed E-state index contributed by atoms with van der Waals surface area (Å²) in [6.45, 7) is 13.0. The Morgan fingerprint density at radius 2 is 1.92 bits per heavy atom. The maximum Gasteiger partial charge on any atom is 0.00413 e. The van der Waals surface area contributed by atoms with Gasteiger partial charge in [0, 0.05) is 6.04 Å². The average Bonchev–Trinajstić information content (AvgIpc) is 2.00. The minimum atomic E-state index is 0.409. The fraction of sp³-hybridized carbons (Fsp3) is 0.833. The van der Waals surface area contributed by atoms with Crippen LogP contribution in [0.25, 0.3) is 0 Å². The van der Waals surface area contributed by atoms with Gasteiger partial charge in [0.05, 0.1) is 0 Å². The first-order valence-corrected chi connectivity index (χ1v) is 5.19. The molecule has 0 rings (SSSR count). The third kappa shape index (κ3) is 6.83. The molecule has 0 fully saturated rings. The second-order valence-electron chi connectivity index (χ2n) is 5.19. The van der Waals surface area contributed by atoms with Crippen LogP contribution in [0.15, 0.2) is 12.7 Å². The number of allylic oxidation sites excluding steroid dienone is 1. The lowest BCUT2D eigenvalue weighted by Gasteiger charge is -2.25. The van der Waals surface area contributed by atoms with Gasteiger partial charge in [0.25, 0.3) is 0 Å². The van der Waals surface area contributed by atoms with E-state index in [0.717, 1.165) is 0 Å². The van der Waals surface area contributed by atoms with Crippen molar-refractivity contribution in [3.05, 3.63) is 12.7 Å². The molecule has 78 valence electrons. The van der Waals surface area contributed by atoms with Gasteiger partial charge in [-0.05, 0) is 38.1 Å². The monoisotopic (exact) mass is 183 g/mol. The Bertz CT molecular complexity index is 144. The lowest BCUT2D eigenvalue weighted by molar-refractivity contribution is 0.302. The zero-order chi connectivity index (χ0) is 10.5. The van der Waals surface area contributed by atoms with Crippen molar-refractivity contribution in [2.24, 2.45) is 11.3 Å². The molecule has 0 aliphatic rings. The van der Waals surface area contributed by atoms with Crippen molar-refractivity contribution in [2.75, 3.05) is 7.05 Å². The van der Waals surface area contributed by atoms with E-state index >= 15 is 0 Å². The molecule has 13 heavy (non-hydrogen) atoms. The predicted octanol–water partition coefficient (Wildman–Crippen LogP) is 3.22. The Labute approximate surface area is 83.6 Å². The fourth-order valence-corrected chi connectivity index (χ4v) is 1.62. The maximum atomic E-state index is 3.90. The molecule has 1 nitrogen and oxygen atoms in total. The number of hydrogen-bond donors (Lipinski definition) is 1. The van der Waals surface area contributed by atoms with Crippen molar-refractivity contribution in [3.63, 3.8) is 0 Å². The minimum Gasteiger partial charge on any atom is -0.317 e. The maximum absolute atomic E-state index is 3.90. The van der Waals surface area contributed by atoms with Crippen LogP contribution in [0.2, 0.25) is 0 Å². The molecule has 0 aromatic carbocycles. The smallest absolute Gasteiger partial charge is 0.00413 e. The van der Waals surface area contributed by atoms with Crippen LogP contribution in [0.4, 0.5) is 0 Å². The molecule has 0 aliphatic heterocycles. The lowest BCUT2D eigenvalue weighted by atomic mass is 9.82. The molecule has 2 atom stereocenters. The quantitative estimate of drug-likeness (QED) is 0.645. The summed E-state index contributed by atoms with van der Waals surface area (Å²) in [5.74, 6) is 0.641. The second kappa shape index (κ2) is 5.43. The highest BCUT2D eigenvalue weighted by atomic mass is 14.8. The van der Waals surface area contributed by atoms with E-state index in [4.69, 9.17) is 0 Å². The van der Waals surface area contributed by atoms with Crippen molar-refractivity contribution in [1.82, 2.24) is 5.32 Å². The first-order chi connectivity index (χ1) is 5.89. The van der Waals surface area contributed by atoms with Crippen LogP contribution in [0.1, 0.15) is 40.5 Å². The molecule has 0 spiro atoms. The van der Waals surface area contributed by atoms with Crippen LogP contribution in [-0.4, -0.2) is 13.1 Å². The molecular formula is C12H25N. The van der Waals surface area contributed by atoms with E-state index < -0.39 is 0 Å². The first kappa shape index (κ1) is 12.7. The topological polar surface area (TPSA) is 12.0 Å². The predicted molar refractivity (Wildman–Crippen MR) is 60.9 cm³/mol. The SMILES string of the molecule is C=CC(CC(C)NC)CC(C)(C)C. The number of rotatable bonds is 5. The van der Waals surface area contributed by atoms with E-state index in [-0.39, 0.29) is 0 Å². The van der Waals surface area contributed by atoms with Gasteiger partial charge >= 0.3 is 0 Å². The molecule has 2 unspecified atom stereocenters. The van der Waals surface area contributed by atoms with Gasteiger partial charge in [-0.25, -0.2) is 0 Å². The number of hydrogen-bond acceptors (Lipinski definition) is 1. The largest absolute Gasteiger partial charge is 0.317 e. The molecule has 0 bridgehead atoms. The van der Waals surface area contributed by atoms with E-state index in [1.165, 1.54) is 12.8 Å². The Morgan fingerprint density at radius 3 is 2.23 bits per heavy atom. The van der Waals surface area contributed by atoms with Crippen LogP contribution in [0.3, 0.4) is 0 Å². The van der Waals surface area contributed by atoms with Crippen molar-refractivity contribution in [1.29, 1.82) is 0 Å². The van der Waals surface area contributed by atoms with Crippen LogP contribution < -0.4 is 5.32 Å². The van der Waals surface area contributed by atoms with Crippen molar-refractivity contribution >= 4 is 0 Å². The van der Waals surface area contributed by atoms with E-state index in [1.807, 2.05) is 7.05 Å². The summed E-state index contributed by atoms with van der Waals surface area (Å²) in [5, 5.41) is 3.27. The highest BCUT2D eigenvalue weighted by molar-refractivity contribution is 4.85. The van der Waals surface area contributed by atoms with Gasteiger partial charge in [0.2, 0.25) is 0 Å². The van der Waals surface area contributed by atoms with Gasteiger partial charge in [-0.3, -0.25) is 0 Å². The average molecular weight is 183 g/mol. The molecule has 1 N–H and O–H groups in total. The van der Waals surface area contributed by atoms with E-state index in [0.29, 0.717) is 17.4 Å². The van der Waals surface area contributed by atoms with Gasteiger partial charge < -0.3 is 5.32 Å². The summed E-state index contributed by atoms with van der Waals surface area (Å²) in [6, 6.07) is 0.588. The summed E-state index contributed by atoms with van der Waals surface area (Å²) in [7, 11) is 2.02. The van der Waals surface area contributed by atoms with Gasteiger partial charge in [0.1, 0.15) is 0 Å². The van der Waals surface area contributed by atoms with E-state index in [9.17, 15) is 0 Å². The molecule has 0 aromatic rings. The first-order valence-electron chi connectivity index (χ1n) is 5.19. The highest BCUT2D eigenvalue weighted by Crippen LogP contribution is 2.27. The Balaban J connectivity index is 3.97. The van der Waals surface area contributed by atoms with Crippen LogP contribution in [-0.2, 0) is 0 Å². The summed E-state index contributed by atoms with van der Waals surface area (Å²) in [4.78, 5) is 0. The third-order valence-electron chi connectivity index (χ3n) is 2.36. The van der Waals surface area contributed by atoms with Gasteiger partial charge in [-0.2, -0.15) is 0 Å². The Hall–Kier alpha value is -0.300. The molecule has 1 heteroatoms. The summed E-state index contributed by atoms with van der Waals surface area (Å²) >= 11 is 0. The zero-order valence-corrected chi connectivity index (χ0v) is 9.85. The van der Waals surface area contributed by atoms with Crippen molar-refractivity contribution in [3.8, 4) is 0 Å². The molecule has 0 radical (unpaired) electrons. The molecule has 0 saturated carbocycles. The van der Waals surface area contributed by atoms with Crippen LogP contribution in [0.5, 0.6) is 0 Å². The summed E-state index contributed by atoms with van der Waals surface area (Å²) < 4.78 is 0. The van der Waals surface area contributed by atoms with Crippen LogP contribution >= 0.6 is 0 Å². The summed E-state index contributed by atoms with van der Waals surface area (Å²) in [6.07, 6.45) is 4.51. The van der Waals surface area contributed by atoms with E-state index in [1.54, 1.807) is 0 Å². The molecule has 0 heterocycles. The minimum absolute atomic E-state index is 0.409. The molecule has 0 aromatic heterocycles. The van der Waals surface area contributed by atoms with Crippen LogP contribution in [0, 0.1) is 11.3 Å². The van der Waals surface area contributed by atoms with Gasteiger partial charge in [-0.1, -0.05) is 26.8 Å². The lowest BCUT2D eigenvalue weighted by Crippen LogP contribution is -2.25. The summed E-state index contributed by atoms with van der Waals surface area (Å²) in [5.41, 5.74) is 0.409. The molecule has 0 saturated heterocycles. The van der Waals surface area contributed by atoms with Crippen molar-refractivity contribution < 1.29 is 0 Å².